The van der Waals surface area contributed by atoms with E-state index in [0.29, 0.717) is 0 Å². The molecular weight excluding hydrogens is 230 g/mol. The van der Waals surface area contributed by atoms with E-state index < -0.39 is 0 Å². The molecule has 0 atom stereocenters. The molecule has 17 heavy (non-hydrogen) atoms. The first-order valence-corrected chi connectivity index (χ1v) is 6.58. The Balaban J connectivity index is 2.21. The summed E-state index contributed by atoms with van der Waals surface area (Å²) in [5.74, 6) is 1.04. The lowest BCUT2D eigenvalue weighted by Gasteiger charge is -2.11. The fraction of sp³-hybridized carbons (Fsp3) is 0.308. The smallest absolute Gasteiger partial charge is 0.0723 e. The average Bonchev–Trinajstić information content (AvgIpc) is 2.32. The van der Waals surface area contributed by atoms with Crippen LogP contribution in [-0.4, -0.2) is 36.3 Å². The Morgan fingerprint density at radius 3 is 2.88 bits per heavy atom. The van der Waals surface area contributed by atoms with E-state index >= 15 is 0 Å². The molecule has 0 saturated carbocycles. The van der Waals surface area contributed by atoms with Crippen LogP contribution in [0.5, 0.6) is 0 Å². The molecule has 0 unspecified atom stereocenters. The zero-order valence-corrected chi connectivity index (χ0v) is 11.0. The summed E-state index contributed by atoms with van der Waals surface area (Å²) in [4.78, 5) is 7.61. The van der Waals surface area contributed by atoms with Crippen LogP contribution >= 0.6 is 11.8 Å². The van der Waals surface area contributed by atoms with Crippen molar-refractivity contribution in [2.75, 3.05) is 32.1 Å². The SMILES string of the molecule is CN(C)CCSc1ccc2ncccc2c1N. The summed E-state index contributed by atoms with van der Waals surface area (Å²) in [5, 5.41) is 1.04. The van der Waals surface area contributed by atoms with Gasteiger partial charge in [0.15, 0.2) is 0 Å². The van der Waals surface area contributed by atoms with E-state index in [2.05, 4.69) is 30.0 Å². The van der Waals surface area contributed by atoms with E-state index in [1.165, 1.54) is 0 Å². The molecule has 1 aromatic heterocycles. The molecule has 2 aromatic rings. The van der Waals surface area contributed by atoms with Crippen LogP contribution < -0.4 is 5.73 Å². The third-order valence-electron chi connectivity index (χ3n) is 2.58. The third-order valence-corrected chi connectivity index (χ3v) is 3.64. The van der Waals surface area contributed by atoms with Gasteiger partial charge in [0.25, 0.3) is 0 Å². The van der Waals surface area contributed by atoms with Gasteiger partial charge >= 0.3 is 0 Å². The number of fused-ring (bicyclic) bond motifs is 1. The molecule has 4 heteroatoms. The van der Waals surface area contributed by atoms with E-state index in [0.717, 1.165) is 33.8 Å². The molecule has 0 spiro atoms. The molecule has 0 saturated heterocycles. The van der Waals surface area contributed by atoms with E-state index in [4.69, 9.17) is 5.73 Å². The van der Waals surface area contributed by atoms with Gasteiger partial charge in [-0.15, -0.1) is 11.8 Å². The van der Waals surface area contributed by atoms with E-state index in [1.807, 2.05) is 18.2 Å². The van der Waals surface area contributed by atoms with Gasteiger partial charge in [-0.3, -0.25) is 4.98 Å². The minimum absolute atomic E-state index is 0.847. The summed E-state index contributed by atoms with van der Waals surface area (Å²) in [7, 11) is 4.16. The topological polar surface area (TPSA) is 42.2 Å². The normalized spacial score (nSPS) is 11.2. The number of hydrogen-bond acceptors (Lipinski definition) is 4. The summed E-state index contributed by atoms with van der Waals surface area (Å²) in [5.41, 5.74) is 7.97. The highest BCUT2D eigenvalue weighted by Crippen LogP contribution is 2.30. The van der Waals surface area contributed by atoms with Gasteiger partial charge in [0, 0.05) is 28.8 Å². The summed E-state index contributed by atoms with van der Waals surface area (Å²) >= 11 is 1.80. The summed E-state index contributed by atoms with van der Waals surface area (Å²) in [6, 6.07) is 8.04. The highest BCUT2D eigenvalue weighted by molar-refractivity contribution is 7.99. The Kier molecular flexibility index (Phi) is 3.86. The van der Waals surface area contributed by atoms with Gasteiger partial charge < -0.3 is 10.6 Å². The summed E-state index contributed by atoms with van der Waals surface area (Å²) in [6.45, 7) is 1.05. The third kappa shape index (κ3) is 2.90. The highest BCUT2D eigenvalue weighted by atomic mass is 32.2. The van der Waals surface area contributed by atoms with Gasteiger partial charge in [-0.25, -0.2) is 0 Å². The number of hydrogen-bond donors (Lipinski definition) is 1. The number of thioether (sulfide) groups is 1. The Bertz CT molecular complexity index is 511. The number of benzene rings is 1. The maximum Gasteiger partial charge on any atom is 0.0723 e. The van der Waals surface area contributed by atoms with Crippen molar-refractivity contribution >= 4 is 28.4 Å². The van der Waals surface area contributed by atoms with Gasteiger partial charge in [0.05, 0.1) is 11.2 Å². The quantitative estimate of drug-likeness (QED) is 0.666. The molecule has 1 aromatic carbocycles. The molecule has 2 rings (SSSR count). The van der Waals surface area contributed by atoms with Crippen molar-refractivity contribution in [2.45, 2.75) is 4.90 Å². The first-order valence-electron chi connectivity index (χ1n) is 5.59. The molecule has 0 bridgehead atoms. The number of nitrogens with two attached hydrogens (primary N) is 1. The van der Waals surface area contributed by atoms with Crippen LogP contribution in [0.15, 0.2) is 35.4 Å². The van der Waals surface area contributed by atoms with Gasteiger partial charge in [-0.2, -0.15) is 0 Å². The van der Waals surface area contributed by atoms with Crippen molar-refractivity contribution in [3.8, 4) is 0 Å². The Morgan fingerprint density at radius 1 is 1.29 bits per heavy atom. The maximum atomic E-state index is 6.16. The molecule has 90 valence electrons. The predicted molar refractivity (Wildman–Crippen MR) is 75.4 cm³/mol. The lowest BCUT2D eigenvalue weighted by molar-refractivity contribution is 0.437. The Morgan fingerprint density at radius 2 is 2.12 bits per heavy atom. The number of nitrogens with zero attached hydrogens (tertiary/aromatic N) is 2. The second-order valence-corrected chi connectivity index (χ2v) is 5.34. The van der Waals surface area contributed by atoms with Crippen LogP contribution in [-0.2, 0) is 0 Å². The number of nitrogen functional groups attached to an aromatic ring is 1. The molecule has 2 N–H and O–H groups in total. The summed E-state index contributed by atoms with van der Waals surface area (Å²) in [6.07, 6.45) is 1.79. The van der Waals surface area contributed by atoms with Gasteiger partial charge in [-0.1, -0.05) is 0 Å². The van der Waals surface area contributed by atoms with Gasteiger partial charge in [0.1, 0.15) is 0 Å². The average molecular weight is 247 g/mol. The Hall–Kier alpha value is -1.26. The molecule has 0 aliphatic rings. The van der Waals surface area contributed by atoms with Crippen molar-refractivity contribution in [3.05, 3.63) is 30.5 Å². The van der Waals surface area contributed by atoms with Gasteiger partial charge in [-0.05, 0) is 38.4 Å². The van der Waals surface area contributed by atoms with Crippen molar-refractivity contribution in [1.29, 1.82) is 0 Å². The number of rotatable bonds is 4. The largest absolute Gasteiger partial charge is 0.397 e. The van der Waals surface area contributed by atoms with Gasteiger partial charge in [0.2, 0.25) is 0 Å². The zero-order valence-electron chi connectivity index (χ0n) is 10.2. The molecule has 0 aliphatic carbocycles. The maximum absolute atomic E-state index is 6.16. The molecule has 0 amide bonds. The second-order valence-electron chi connectivity index (χ2n) is 4.20. The number of anilines is 1. The fourth-order valence-corrected chi connectivity index (χ4v) is 2.73. The van der Waals surface area contributed by atoms with Crippen LogP contribution in [0.25, 0.3) is 10.9 Å². The monoisotopic (exact) mass is 247 g/mol. The van der Waals surface area contributed by atoms with E-state index in [-0.39, 0.29) is 0 Å². The molecule has 1 heterocycles. The predicted octanol–water partition coefficient (Wildman–Crippen LogP) is 2.47. The van der Waals surface area contributed by atoms with Crippen LogP contribution in [0, 0.1) is 0 Å². The summed E-state index contributed by atoms with van der Waals surface area (Å²) < 4.78 is 0. The molecule has 0 fully saturated rings. The standard InChI is InChI=1S/C13H17N3S/c1-16(2)8-9-17-12-6-5-11-10(13(12)14)4-3-7-15-11/h3-7H,8-9,14H2,1-2H3. The first kappa shape index (κ1) is 12.2. The van der Waals surface area contributed by atoms with Crippen LogP contribution in [0.3, 0.4) is 0 Å². The number of pyridine rings is 1. The minimum Gasteiger partial charge on any atom is -0.397 e. The highest BCUT2D eigenvalue weighted by Gasteiger charge is 2.05. The van der Waals surface area contributed by atoms with E-state index in [9.17, 15) is 0 Å². The van der Waals surface area contributed by atoms with Crippen molar-refractivity contribution in [3.63, 3.8) is 0 Å². The van der Waals surface area contributed by atoms with Crippen LogP contribution in [0.2, 0.25) is 0 Å². The van der Waals surface area contributed by atoms with Crippen LogP contribution in [0.1, 0.15) is 0 Å². The zero-order chi connectivity index (χ0) is 12.3. The lowest BCUT2D eigenvalue weighted by atomic mass is 10.2. The van der Waals surface area contributed by atoms with Crippen molar-refractivity contribution in [2.24, 2.45) is 0 Å². The molecule has 0 aliphatic heterocycles. The second kappa shape index (κ2) is 5.38. The Labute approximate surface area is 106 Å². The fourth-order valence-electron chi connectivity index (χ4n) is 1.62. The van der Waals surface area contributed by atoms with Crippen molar-refractivity contribution in [1.82, 2.24) is 9.88 Å². The number of aromatic nitrogens is 1. The minimum atomic E-state index is 0.847. The molecule has 3 nitrogen and oxygen atoms in total. The lowest BCUT2D eigenvalue weighted by Crippen LogP contribution is -2.14. The molecule has 0 radical (unpaired) electrons. The van der Waals surface area contributed by atoms with E-state index in [1.54, 1.807) is 18.0 Å². The van der Waals surface area contributed by atoms with Crippen molar-refractivity contribution < 1.29 is 0 Å². The van der Waals surface area contributed by atoms with Crippen LogP contribution in [0.4, 0.5) is 5.69 Å². The first-order chi connectivity index (χ1) is 8.18. The molecular formula is C13H17N3S.